The van der Waals surface area contributed by atoms with E-state index in [2.05, 4.69) is 25.9 Å². The Kier molecular flexibility index (Phi) is 4.29. The number of pyridine rings is 1. The van der Waals surface area contributed by atoms with Crippen LogP contribution >= 0.6 is 27.7 Å². The van der Waals surface area contributed by atoms with E-state index in [9.17, 15) is 4.79 Å². The Bertz CT molecular complexity index is 964. The molecule has 1 aromatic carbocycles. The molecule has 4 nitrogen and oxygen atoms in total. The van der Waals surface area contributed by atoms with Crippen molar-refractivity contribution in [3.63, 3.8) is 0 Å². The number of rotatable bonds is 2. The largest absolute Gasteiger partial charge is 0.268 e. The van der Waals surface area contributed by atoms with Crippen LogP contribution in [0.4, 0.5) is 0 Å². The molecule has 0 fully saturated rings. The second kappa shape index (κ2) is 6.09. The summed E-state index contributed by atoms with van der Waals surface area (Å²) in [4.78, 5) is 22.2. The van der Waals surface area contributed by atoms with E-state index in [1.165, 1.54) is 11.8 Å². The van der Waals surface area contributed by atoms with Crippen molar-refractivity contribution in [1.82, 2.24) is 14.5 Å². The van der Waals surface area contributed by atoms with Gasteiger partial charge < -0.3 is 0 Å². The van der Waals surface area contributed by atoms with E-state index in [1.54, 1.807) is 4.57 Å². The highest BCUT2D eigenvalue weighted by atomic mass is 79.9. The van der Waals surface area contributed by atoms with E-state index in [-0.39, 0.29) is 5.56 Å². The van der Waals surface area contributed by atoms with Gasteiger partial charge in [-0.25, -0.2) is 9.97 Å². The third-order valence-corrected chi connectivity index (χ3v) is 5.61. The molecule has 0 saturated heterocycles. The van der Waals surface area contributed by atoms with Gasteiger partial charge in [-0.3, -0.25) is 9.36 Å². The van der Waals surface area contributed by atoms with Gasteiger partial charge in [0.25, 0.3) is 5.56 Å². The molecule has 0 unspecified atom stereocenters. The average Bonchev–Trinajstić information content (AvgIpc) is 2.53. The molecule has 0 spiro atoms. The summed E-state index contributed by atoms with van der Waals surface area (Å²) in [5.41, 5.74) is 4.09. The van der Waals surface area contributed by atoms with E-state index in [4.69, 9.17) is 0 Å². The molecule has 0 N–H and O–H groups in total. The molecule has 0 radical (unpaired) electrons. The fourth-order valence-electron chi connectivity index (χ4n) is 2.55. The van der Waals surface area contributed by atoms with E-state index in [1.807, 2.05) is 51.3 Å². The van der Waals surface area contributed by atoms with Crippen LogP contribution in [-0.2, 0) is 0 Å². The van der Waals surface area contributed by atoms with Crippen molar-refractivity contribution in [3.05, 3.63) is 55.9 Å². The minimum Gasteiger partial charge on any atom is -0.268 e. The predicted octanol–water partition coefficient (Wildman–Crippen LogP) is 4.19. The number of nitrogens with zero attached hydrogens (tertiary/aromatic N) is 3. The Morgan fingerprint density at radius 2 is 1.74 bits per heavy atom. The molecule has 118 valence electrons. The Balaban J connectivity index is 2.44. The number of benzene rings is 1. The molecule has 6 heteroatoms. The number of aryl methyl sites for hydroxylation is 3. The minimum absolute atomic E-state index is 0.0890. The summed E-state index contributed by atoms with van der Waals surface area (Å²) in [6, 6.07) is 7.87. The van der Waals surface area contributed by atoms with E-state index >= 15 is 0 Å². The lowest BCUT2D eigenvalue weighted by Gasteiger charge is -2.14. The van der Waals surface area contributed by atoms with Gasteiger partial charge in [-0.15, -0.1) is 0 Å². The maximum Gasteiger partial charge on any atom is 0.268 e. The van der Waals surface area contributed by atoms with Gasteiger partial charge in [-0.1, -0.05) is 29.5 Å². The van der Waals surface area contributed by atoms with E-state index in [0.717, 1.165) is 27.0 Å². The SMILES string of the molecule is CSc1nc2nc(C)c(Br)c(C)c2c(=O)n1-c1ccc(C)cc1. The first-order valence-corrected chi connectivity index (χ1v) is 9.16. The van der Waals surface area contributed by atoms with Gasteiger partial charge in [0.15, 0.2) is 10.8 Å². The molecule has 2 heterocycles. The minimum atomic E-state index is -0.0890. The molecule has 0 aliphatic carbocycles. The van der Waals surface area contributed by atoms with Gasteiger partial charge in [0.2, 0.25) is 0 Å². The quantitative estimate of drug-likeness (QED) is 0.486. The van der Waals surface area contributed by atoms with Crippen LogP contribution in [0.2, 0.25) is 0 Å². The Morgan fingerprint density at radius 1 is 1.09 bits per heavy atom. The van der Waals surface area contributed by atoms with Crippen LogP contribution in [0.1, 0.15) is 16.8 Å². The van der Waals surface area contributed by atoms with Crippen LogP contribution in [0, 0.1) is 20.8 Å². The molecule has 0 aliphatic rings. The Labute approximate surface area is 147 Å². The van der Waals surface area contributed by atoms with E-state index in [0.29, 0.717) is 16.2 Å². The number of fused-ring (bicyclic) bond motifs is 1. The summed E-state index contributed by atoms with van der Waals surface area (Å²) in [5, 5.41) is 1.20. The molecule has 3 rings (SSSR count). The van der Waals surface area contributed by atoms with Gasteiger partial charge in [-0.05, 0) is 60.7 Å². The smallest absolute Gasteiger partial charge is 0.268 e. The van der Waals surface area contributed by atoms with Crippen molar-refractivity contribution >= 4 is 38.7 Å². The van der Waals surface area contributed by atoms with Crippen molar-refractivity contribution in [2.75, 3.05) is 6.26 Å². The fourth-order valence-corrected chi connectivity index (χ4v) is 3.38. The highest BCUT2D eigenvalue weighted by Gasteiger charge is 2.17. The summed E-state index contributed by atoms with van der Waals surface area (Å²) in [5.74, 6) is 0. The van der Waals surface area contributed by atoms with Crippen LogP contribution in [0.15, 0.2) is 38.7 Å². The molecule has 3 aromatic rings. The normalized spacial score (nSPS) is 11.2. The van der Waals surface area contributed by atoms with Crippen LogP contribution in [0.25, 0.3) is 16.7 Å². The zero-order chi connectivity index (χ0) is 16.7. The number of halogens is 1. The molecular weight excluding hydrogens is 374 g/mol. The van der Waals surface area contributed by atoms with Crippen LogP contribution in [0.3, 0.4) is 0 Å². The molecule has 0 amide bonds. The highest BCUT2D eigenvalue weighted by molar-refractivity contribution is 9.10. The first-order chi connectivity index (χ1) is 10.9. The van der Waals surface area contributed by atoms with Crippen molar-refractivity contribution in [2.45, 2.75) is 25.9 Å². The number of thioether (sulfide) groups is 1. The Hall–Kier alpha value is -1.66. The first kappa shape index (κ1) is 16.2. The maximum atomic E-state index is 13.1. The lowest BCUT2D eigenvalue weighted by Crippen LogP contribution is -2.23. The van der Waals surface area contributed by atoms with E-state index < -0.39 is 0 Å². The van der Waals surface area contributed by atoms with Gasteiger partial charge >= 0.3 is 0 Å². The van der Waals surface area contributed by atoms with Gasteiger partial charge in [-0.2, -0.15) is 0 Å². The molecule has 0 bridgehead atoms. The lowest BCUT2D eigenvalue weighted by molar-refractivity contribution is 0.813. The van der Waals surface area contributed by atoms with Crippen molar-refractivity contribution in [1.29, 1.82) is 0 Å². The standard InChI is InChI=1S/C17H16BrN3OS/c1-9-5-7-12(8-6-9)21-16(22)13-10(2)14(18)11(3)19-15(13)20-17(21)23-4/h5-8H,1-4H3. The van der Waals surface area contributed by atoms with Gasteiger partial charge in [0.1, 0.15) is 0 Å². The van der Waals surface area contributed by atoms with Gasteiger partial charge in [0.05, 0.1) is 16.8 Å². The zero-order valence-electron chi connectivity index (χ0n) is 13.3. The van der Waals surface area contributed by atoms with Gasteiger partial charge in [0, 0.05) is 4.47 Å². The maximum absolute atomic E-state index is 13.1. The molecular formula is C17H16BrN3OS. The third-order valence-electron chi connectivity index (χ3n) is 3.80. The monoisotopic (exact) mass is 389 g/mol. The number of hydrogen-bond acceptors (Lipinski definition) is 4. The fraction of sp³-hybridized carbons (Fsp3) is 0.235. The molecule has 0 atom stereocenters. The number of hydrogen-bond donors (Lipinski definition) is 0. The van der Waals surface area contributed by atoms with Crippen LogP contribution in [0.5, 0.6) is 0 Å². The topological polar surface area (TPSA) is 47.8 Å². The highest BCUT2D eigenvalue weighted by Crippen LogP contribution is 2.26. The summed E-state index contributed by atoms with van der Waals surface area (Å²) in [6.07, 6.45) is 1.91. The number of aromatic nitrogens is 3. The Morgan fingerprint density at radius 3 is 2.35 bits per heavy atom. The molecule has 0 saturated carbocycles. The molecule has 2 aromatic heterocycles. The molecule has 0 aliphatic heterocycles. The second-order valence-corrected chi connectivity index (χ2v) is 6.98. The third kappa shape index (κ3) is 2.70. The zero-order valence-corrected chi connectivity index (χ0v) is 15.7. The van der Waals surface area contributed by atoms with Crippen molar-refractivity contribution in [2.24, 2.45) is 0 Å². The van der Waals surface area contributed by atoms with Crippen molar-refractivity contribution in [3.8, 4) is 5.69 Å². The first-order valence-electron chi connectivity index (χ1n) is 7.14. The average molecular weight is 390 g/mol. The summed E-state index contributed by atoms with van der Waals surface area (Å²) >= 11 is 4.96. The van der Waals surface area contributed by atoms with Crippen molar-refractivity contribution < 1.29 is 0 Å². The second-order valence-electron chi connectivity index (χ2n) is 5.41. The van der Waals surface area contributed by atoms with Crippen LogP contribution < -0.4 is 5.56 Å². The lowest BCUT2D eigenvalue weighted by atomic mass is 10.1. The predicted molar refractivity (Wildman–Crippen MR) is 98.8 cm³/mol. The molecule has 23 heavy (non-hydrogen) atoms. The van der Waals surface area contributed by atoms with Crippen LogP contribution in [-0.4, -0.2) is 20.8 Å². The summed E-state index contributed by atoms with van der Waals surface area (Å²) in [6.45, 7) is 5.85. The summed E-state index contributed by atoms with van der Waals surface area (Å²) < 4.78 is 2.51. The summed E-state index contributed by atoms with van der Waals surface area (Å²) in [7, 11) is 0.